The second-order valence-corrected chi connectivity index (χ2v) is 4.43. The lowest BCUT2D eigenvalue weighted by molar-refractivity contribution is -0.143. The van der Waals surface area contributed by atoms with E-state index in [0.29, 0.717) is 13.0 Å². The van der Waals surface area contributed by atoms with Gasteiger partial charge in [-0.1, -0.05) is 6.07 Å². The minimum atomic E-state index is -0.492. The maximum Gasteiger partial charge on any atom is 0.307 e. The summed E-state index contributed by atoms with van der Waals surface area (Å²) < 4.78 is 18.0. The SMILES string of the molecule is CCOC(=O)CCN(CCCO)C(=O)c1cccc(F)c1. The average molecular weight is 297 g/mol. The van der Waals surface area contributed by atoms with Crippen LogP contribution in [0.1, 0.15) is 30.1 Å². The second kappa shape index (κ2) is 9.07. The Labute approximate surface area is 123 Å². The lowest BCUT2D eigenvalue weighted by Gasteiger charge is -2.22. The van der Waals surface area contributed by atoms with E-state index in [-0.39, 0.29) is 37.6 Å². The Morgan fingerprint density at radius 3 is 2.71 bits per heavy atom. The quantitative estimate of drug-likeness (QED) is 0.740. The van der Waals surface area contributed by atoms with Crippen molar-refractivity contribution in [3.63, 3.8) is 0 Å². The molecular formula is C15H20FNO4. The summed E-state index contributed by atoms with van der Waals surface area (Å²) in [5.74, 6) is -1.25. The average Bonchev–Trinajstić information content (AvgIpc) is 2.47. The first-order valence-corrected chi connectivity index (χ1v) is 6.89. The minimum absolute atomic E-state index is 0.0632. The number of rotatable bonds is 8. The van der Waals surface area contributed by atoms with Crippen LogP contribution in [0.5, 0.6) is 0 Å². The number of hydrogen-bond acceptors (Lipinski definition) is 4. The smallest absolute Gasteiger partial charge is 0.307 e. The predicted molar refractivity (Wildman–Crippen MR) is 75.3 cm³/mol. The molecule has 0 radical (unpaired) electrons. The Hall–Kier alpha value is -1.95. The number of ether oxygens (including phenoxy) is 1. The van der Waals surface area contributed by atoms with Gasteiger partial charge in [0.15, 0.2) is 0 Å². The first-order valence-electron chi connectivity index (χ1n) is 6.89. The van der Waals surface area contributed by atoms with Crippen molar-refractivity contribution in [2.24, 2.45) is 0 Å². The second-order valence-electron chi connectivity index (χ2n) is 4.43. The van der Waals surface area contributed by atoms with Crippen LogP contribution >= 0.6 is 0 Å². The fourth-order valence-corrected chi connectivity index (χ4v) is 1.84. The molecule has 1 aromatic carbocycles. The molecule has 0 heterocycles. The summed E-state index contributed by atoms with van der Waals surface area (Å²) in [6.07, 6.45) is 0.463. The maximum atomic E-state index is 13.2. The van der Waals surface area contributed by atoms with Crippen molar-refractivity contribution in [2.75, 3.05) is 26.3 Å². The molecule has 116 valence electrons. The number of hydrogen-bond donors (Lipinski definition) is 1. The lowest BCUT2D eigenvalue weighted by atomic mass is 10.2. The third-order valence-corrected chi connectivity index (χ3v) is 2.84. The number of carbonyl (C=O) groups is 2. The van der Waals surface area contributed by atoms with Crippen molar-refractivity contribution >= 4 is 11.9 Å². The molecule has 21 heavy (non-hydrogen) atoms. The van der Waals surface area contributed by atoms with Crippen LogP contribution in [0.3, 0.4) is 0 Å². The number of nitrogens with zero attached hydrogens (tertiary/aromatic N) is 1. The van der Waals surface area contributed by atoms with Gasteiger partial charge in [0.1, 0.15) is 5.82 Å². The number of amides is 1. The van der Waals surface area contributed by atoms with Gasteiger partial charge in [0.05, 0.1) is 13.0 Å². The zero-order chi connectivity index (χ0) is 15.7. The van der Waals surface area contributed by atoms with E-state index in [9.17, 15) is 14.0 Å². The third kappa shape index (κ3) is 5.91. The molecule has 0 aliphatic heterocycles. The highest BCUT2D eigenvalue weighted by molar-refractivity contribution is 5.94. The molecule has 6 heteroatoms. The molecule has 0 bridgehead atoms. The standard InChI is InChI=1S/C15H20FNO4/c1-2-21-14(19)7-9-17(8-4-10-18)15(20)12-5-3-6-13(16)11-12/h3,5-6,11,18H,2,4,7-10H2,1H3. The van der Waals surface area contributed by atoms with Crippen molar-refractivity contribution < 1.29 is 23.8 Å². The van der Waals surface area contributed by atoms with Crippen molar-refractivity contribution in [3.8, 4) is 0 Å². The van der Waals surface area contributed by atoms with Gasteiger partial charge in [-0.05, 0) is 31.5 Å². The molecule has 0 aliphatic rings. The number of carbonyl (C=O) groups excluding carboxylic acids is 2. The van der Waals surface area contributed by atoms with Crippen molar-refractivity contribution in [2.45, 2.75) is 19.8 Å². The normalized spacial score (nSPS) is 10.2. The van der Waals surface area contributed by atoms with Crippen LogP contribution in [0.15, 0.2) is 24.3 Å². The third-order valence-electron chi connectivity index (χ3n) is 2.84. The van der Waals surface area contributed by atoms with Crippen molar-refractivity contribution in [1.29, 1.82) is 0 Å². The first kappa shape index (κ1) is 17.1. The number of aliphatic hydroxyl groups is 1. The number of aliphatic hydroxyl groups excluding tert-OH is 1. The van der Waals surface area contributed by atoms with Gasteiger partial charge in [0.25, 0.3) is 5.91 Å². The number of halogens is 1. The zero-order valence-electron chi connectivity index (χ0n) is 12.0. The van der Waals surface area contributed by atoms with Gasteiger partial charge in [-0.2, -0.15) is 0 Å². The van der Waals surface area contributed by atoms with Crippen LogP contribution in [0.4, 0.5) is 4.39 Å². The van der Waals surface area contributed by atoms with Crippen LogP contribution in [-0.2, 0) is 9.53 Å². The van der Waals surface area contributed by atoms with E-state index in [4.69, 9.17) is 9.84 Å². The molecule has 0 aromatic heterocycles. The summed E-state index contributed by atoms with van der Waals surface area (Å²) in [5, 5.41) is 8.88. The highest BCUT2D eigenvalue weighted by Crippen LogP contribution is 2.09. The van der Waals surface area contributed by atoms with Gasteiger partial charge < -0.3 is 14.7 Å². The summed E-state index contributed by atoms with van der Waals surface area (Å²) in [6.45, 7) is 2.40. The first-order chi connectivity index (χ1) is 10.1. The predicted octanol–water partition coefficient (Wildman–Crippen LogP) is 1.60. The van der Waals surface area contributed by atoms with Crippen LogP contribution in [0, 0.1) is 5.82 Å². The van der Waals surface area contributed by atoms with Crippen LogP contribution < -0.4 is 0 Å². The van der Waals surface area contributed by atoms with Crippen LogP contribution in [-0.4, -0.2) is 48.2 Å². The summed E-state index contributed by atoms with van der Waals surface area (Å²) in [6, 6.07) is 5.38. The Balaban J connectivity index is 2.71. The molecule has 0 spiro atoms. The molecule has 0 atom stereocenters. The van der Waals surface area contributed by atoms with Gasteiger partial charge in [-0.25, -0.2) is 4.39 Å². The highest BCUT2D eigenvalue weighted by atomic mass is 19.1. The largest absolute Gasteiger partial charge is 0.466 e. The van der Waals surface area contributed by atoms with E-state index < -0.39 is 11.8 Å². The molecule has 1 N–H and O–H groups in total. The Morgan fingerprint density at radius 2 is 2.10 bits per heavy atom. The fourth-order valence-electron chi connectivity index (χ4n) is 1.84. The molecule has 1 amide bonds. The number of benzene rings is 1. The topological polar surface area (TPSA) is 66.8 Å². The lowest BCUT2D eigenvalue weighted by Crippen LogP contribution is -2.34. The van der Waals surface area contributed by atoms with E-state index in [1.807, 2.05) is 0 Å². The van der Waals surface area contributed by atoms with Gasteiger partial charge in [-0.3, -0.25) is 9.59 Å². The zero-order valence-corrected chi connectivity index (χ0v) is 12.0. The number of esters is 1. The van der Waals surface area contributed by atoms with Gasteiger partial charge in [0.2, 0.25) is 0 Å². The maximum absolute atomic E-state index is 13.2. The highest BCUT2D eigenvalue weighted by Gasteiger charge is 2.17. The summed E-state index contributed by atoms with van der Waals surface area (Å²) >= 11 is 0. The Morgan fingerprint density at radius 1 is 1.33 bits per heavy atom. The van der Waals surface area contributed by atoms with Crippen molar-refractivity contribution in [3.05, 3.63) is 35.6 Å². The van der Waals surface area contributed by atoms with Gasteiger partial charge in [0, 0.05) is 25.3 Å². The van der Waals surface area contributed by atoms with E-state index in [0.717, 1.165) is 6.07 Å². The molecule has 0 saturated heterocycles. The van der Waals surface area contributed by atoms with Crippen LogP contribution in [0.2, 0.25) is 0 Å². The summed E-state index contributed by atoms with van der Waals surface area (Å²) in [4.78, 5) is 25.1. The summed E-state index contributed by atoms with van der Waals surface area (Å²) in [7, 11) is 0. The minimum Gasteiger partial charge on any atom is -0.466 e. The molecule has 0 aliphatic carbocycles. The molecular weight excluding hydrogens is 277 g/mol. The van der Waals surface area contributed by atoms with E-state index in [1.165, 1.54) is 23.1 Å². The molecule has 1 aromatic rings. The van der Waals surface area contributed by atoms with E-state index in [2.05, 4.69) is 0 Å². The molecule has 0 saturated carbocycles. The molecule has 5 nitrogen and oxygen atoms in total. The molecule has 0 fully saturated rings. The monoisotopic (exact) mass is 297 g/mol. The van der Waals surface area contributed by atoms with Gasteiger partial charge in [-0.15, -0.1) is 0 Å². The van der Waals surface area contributed by atoms with E-state index in [1.54, 1.807) is 6.92 Å². The molecule has 0 unspecified atom stereocenters. The van der Waals surface area contributed by atoms with Gasteiger partial charge >= 0.3 is 5.97 Å². The van der Waals surface area contributed by atoms with Crippen molar-refractivity contribution in [1.82, 2.24) is 4.90 Å². The Bertz CT molecular complexity index is 478. The van der Waals surface area contributed by atoms with E-state index >= 15 is 0 Å². The summed E-state index contributed by atoms with van der Waals surface area (Å²) in [5.41, 5.74) is 0.219. The fraction of sp³-hybridized carbons (Fsp3) is 0.467. The Kier molecular flexibility index (Phi) is 7.39. The molecule has 1 rings (SSSR count). The van der Waals surface area contributed by atoms with Crippen LogP contribution in [0.25, 0.3) is 0 Å².